The van der Waals surface area contributed by atoms with E-state index in [1.54, 1.807) is 9.80 Å². The summed E-state index contributed by atoms with van der Waals surface area (Å²) in [5, 5.41) is 5.75. The molecule has 0 radical (unpaired) electrons. The van der Waals surface area contributed by atoms with Crippen molar-refractivity contribution in [3.05, 3.63) is 215 Å². The van der Waals surface area contributed by atoms with E-state index >= 15 is 0 Å². The van der Waals surface area contributed by atoms with Gasteiger partial charge < -0.3 is 59.3 Å². The van der Waals surface area contributed by atoms with Crippen molar-refractivity contribution in [2.75, 3.05) is 154 Å². The summed E-state index contributed by atoms with van der Waals surface area (Å²) < 4.78 is 40.9. The standard InChI is InChI=1S/2C39H45FN6O3/c1-43(2)32-10-4-28(5-11-32)16-19-41-38(47)36-26-31(40)9-14-35(36)39(48)46-20-17-34(18-21-46)49-37-15-8-30(27-42-37)29-6-12-33(13-7-29)45-24-22-44(3)23-25-45;1-43(2)32-10-4-28(5-11-32)16-19-41-38(47)35-14-9-31(40)26-36(35)39(48)46-20-17-34(18-21-46)49-37-15-8-30(27-42-37)29-6-12-33(13-7-29)45-24-22-44(3)23-25-45/h2*4-15,26-27,34H,16-25H2,1-3H3,(H,41,47). The first-order valence-electron chi connectivity index (χ1n) is 34.1. The van der Waals surface area contributed by atoms with E-state index in [-0.39, 0.29) is 46.3 Å². The molecule has 4 fully saturated rings. The van der Waals surface area contributed by atoms with Crippen LogP contribution < -0.4 is 39.7 Å². The number of aromatic nitrogens is 2. The van der Waals surface area contributed by atoms with Crippen LogP contribution in [0.15, 0.2) is 170 Å². The number of nitrogens with zero attached hydrogens (tertiary/aromatic N) is 10. The Hall–Kier alpha value is -9.92. The molecule has 20 heteroatoms. The molecule has 0 aliphatic carbocycles. The maximum absolute atomic E-state index is 14.3. The molecule has 6 heterocycles. The first-order chi connectivity index (χ1) is 47.5. The van der Waals surface area contributed by atoms with Gasteiger partial charge in [0.1, 0.15) is 23.8 Å². The number of ether oxygens (including phenoxy) is 2. The summed E-state index contributed by atoms with van der Waals surface area (Å²) in [6.07, 6.45) is 7.18. The highest BCUT2D eigenvalue weighted by atomic mass is 19.1. The number of rotatable bonds is 20. The number of piperazine rings is 2. The predicted molar refractivity (Wildman–Crippen MR) is 384 cm³/mol. The van der Waals surface area contributed by atoms with Gasteiger partial charge in [0.15, 0.2) is 0 Å². The third-order valence-corrected chi connectivity index (χ3v) is 18.9. The highest BCUT2D eigenvalue weighted by molar-refractivity contribution is 6.08. The molecule has 2 N–H and O–H groups in total. The fourth-order valence-corrected chi connectivity index (χ4v) is 12.7. The number of piperidine rings is 2. The third kappa shape index (κ3) is 18.4. The maximum atomic E-state index is 14.3. The van der Waals surface area contributed by atoms with Crippen LogP contribution in [0.4, 0.5) is 31.5 Å². The number of likely N-dealkylation sites (tertiary alicyclic amines) is 2. The lowest BCUT2D eigenvalue weighted by Crippen LogP contribution is -2.44. The number of halogens is 2. The van der Waals surface area contributed by atoms with Gasteiger partial charge in [0.05, 0.1) is 22.3 Å². The molecule has 98 heavy (non-hydrogen) atoms. The minimum Gasteiger partial charge on any atom is -0.474 e. The lowest BCUT2D eigenvalue weighted by molar-refractivity contribution is 0.0577. The summed E-state index contributed by atoms with van der Waals surface area (Å²) in [5.74, 6) is -1.53. The van der Waals surface area contributed by atoms with Gasteiger partial charge in [0.25, 0.3) is 23.6 Å². The number of nitrogens with one attached hydrogen (secondary N) is 2. The quantitative estimate of drug-likeness (QED) is 0.0741. The molecular weight excluding hydrogens is 1240 g/mol. The molecule has 8 aromatic rings. The molecule has 6 aromatic carbocycles. The maximum Gasteiger partial charge on any atom is 0.254 e. The molecule has 512 valence electrons. The second kappa shape index (κ2) is 32.9. The molecule has 0 bridgehead atoms. The summed E-state index contributed by atoms with van der Waals surface area (Å²) in [6.45, 7) is 11.0. The van der Waals surface area contributed by atoms with Crippen molar-refractivity contribution >= 4 is 46.4 Å². The summed E-state index contributed by atoms with van der Waals surface area (Å²) in [7, 11) is 12.3. The van der Waals surface area contributed by atoms with Crippen molar-refractivity contribution in [3.8, 4) is 34.0 Å². The number of hydrogen-bond donors (Lipinski definition) is 2. The van der Waals surface area contributed by atoms with Crippen molar-refractivity contribution in [1.29, 1.82) is 0 Å². The van der Waals surface area contributed by atoms with E-state index in [1.165, 1.54) is 35.6 Å². The smallest absolute Gasteiger partial charge is 0.254 e. The molecule has 4 amide bonds. The molecule has 4 saturated heterocycles. The van der Waals surface area contributed by atoms with Crippen LogP contribution in [-0.4, -0.2) is 199 Å². The van der Waals surface area contributed by atoms with Gasteiger partial charge in [-0.05, 0) is 146 Å². The number of benzene rings is 6. The van der Waals surface area contributed by atoms with E-state index in [9.17, 15) is 28.0 Å². The Labute approximate surface area is 574 Å². The molecule has 0 saturated carbocycles. The van der Waals surface area contributed by atoms with Gasteiger partial charge in [-0.3, -0.25) is 19.2 Å². The fourth-order valence-electron chi connectivity index (χ4n) is 12.7. The van der Waals surface area contributed by atoms with Gasteiger partial charge in [0.2, 0.25) is 11.8 Å². The Balaban J connectivity index is 0.000000198. The molecule has 0 unspecified atom stereocenters. The number of pyridine rings is 2. The molecule has 2 aromatic heterocycles. The Morgan fingerprint density at radius 2 is 0.796 bits per heavy atom. The Bertz CT molecular complexity index is 3940. The van der Waals surface area contributed by atoms with Crippen LogP contribution in [0.2, 0.25) is 0 Å². The largest absolute Gasteiger partial charge is 0.474 e. The first kappa shape index (κ1) is 69.4. The number of hydrogen-bond acceptors (Lipinski definition) is 14. The van der Waals surface area contributed by atoms with Gasteiger partial charge in [-0.2, -0.15) is 0 Å². The summed E-state index contributed by atoms with van der Waals surface area (Å²) in [6, 6.07) is 48.8. The van der Waals surface area contributed by atoms with E-state index in [4.69, 9.17) is 9.47 Å². The Kier molecular flexibility index (Phi) is 23.3. The zero-order valence-electron chi connectivity index (χ0n) is 57.1. The minimum atomic E-state index is -0.561. The number of likely N-dealkylation sites (N-methyl/N-ethyl adjacent to an activating group) is 2. The molecular formula is C78H90F2N12O6. The van der Waals surface area contributed by atoms with Crippen LogP contribution in [-0.2, 0) is 12.8 Å². The van der Waals surface area contributed by atoms with E-state index in [2.05, 4.69) is 103 Å². The summed E-state index contributed by atoms with van der Waals surface area (Å²) in [4.78, 5) is 79.4. The molecule has 12 rings (SSSR count). The molecule has 0 spiro atoms. The highest BCUT2D eigenvalue weighted by Gasteiger charge is 2.30. The Morgan fingerprint density at radius 3 is 1.18 bits per heavy atom. The Morgan fingerprint density at radius 1 is 0.429 bits per heavy atom. The number of anilines is 4. The lowest BCUT2D eigenvalue weighted by Gasteiger charge is -2.34. The number of carbonyl (C=O) groups is 4. The zero-order chi connectivity index (χ0) is 68.7. The van der Waals surface area contributed by atoms with Crippen molar-refractivity contribution in [2.24, 2.45) is 0 Å². The average Bonchev–Trinajstić information content (AvgIpc) is 0.832. The zero-order valence-corrected chi connectivity index (χ0v) is 57.1. The van der Waals surface area contributed by atoms with E-state index in [1.807, 2.05) is 123 Å². The highest BCUT2D eigenvalue weighted by Crippen LogP contribution is 2.30. The van der Waals surface area contributed by atoms with Gasteiger partial charge >= 0.3 is 0 Å². The van der Waals surface area contributed by atoms with Crippen LogP contribution in [0.5, 0.6) is 11.8 Å². The third-order valence-electron chi connectivity index (χ3n) is 18.9. The molecule has 18 nitrogen and oxygen atoms in total. The van der Waals surface area contributed by atoms with E-state index < -0.39 is 23.4 Å². The van der Waals surface area contributed by atoms with Gasteiger partial charge in [-0.15, -0.1) is 0 Å². The number of amides is 4. The molecule has 4 aliphatic heterocycles. The first-order valence-corrected chi connectivity index (χ1v) is 34.1. The normalized spacial score (nSPS) is 15.6. The van der Waals surface area contributed by atoms with Gasteiger partial charge in [0, 0.05) is 204 Å². The van der Waals surface area contributed by atoms with Crippen LogP contribution in [0, 0.1) is 11.6 Å². The SMILES string of the molecule is CN1CCN(c2ccc(-c3ccc(OC4CCN(C(=O)c5cc(F)ccc5C(=O)NCCc5ccc(N(C)C)cc5)CC4)nc3)cc2)CC1.CN1CCN(c2ccc(-c3ccc(OC4CCN(C(=O)c5ccc(F)cc5C(=O)NCCc5ccc(N(C)C)cc5)CC4)nc3)cc2)CC1. The second-order valence-corrected chi connectivity index (χ2v) is 26.2. The summed E-state index contributed by atoms with van der Waals surface area (Å²) in [5.41, 5.74) is 11.6. The van der Waals surface area contributed by atoms with Crippen LogP contribution in [0.3, 0.4) is 0 Å². The molecule has 4 aliphatic rings. The van der Waals surface area contributed by atoms with Gasteiger partial charge in [-0.25, -0.2) is 18.7 Å². The van der Waals surface area contributed by atoms with Crippen molar-refractivity contribution < 1.29 is 37.4 Å². The predicted octanol–water partition coefficient (Wildman–Crippen LogP) is 10.7. The van der Waals surface area contributed by atoms with E-state index in [0.717, 1.165) is 109 Å². The summed E-state index contributed by atoms with van der Waals surface area (Å²) >= 11 is 0. The fraction of sp³-hybridized carbons (Fsp3) is 0.359. The van der Waals surface area contributed by atoms with Crippen LogP contribution >= 0.6 is 0 Å². The number of carbonyl (C=O) groups excluding carboxylic acids is 4. The average molecular weight is 1330 g/mol. The molecule has 0 atom stereocenters. The topological polar surface area (TPSA) is 162 Å². The lowest BCUT2D eigenvalue weighted by atomic mass is 10.0. The van der Waals surface area contributed by atoms with Crippen molar-refractivity contribution in [1.82, 2.24) is 40.2 Å². The van der Waals surface area contributed by atoms with Crippen molar-refractivity contribution in [2.45, 2.75) is 50.7 Å². The monoisotopic (exact) mass is 1330 g/mol. The van der Waals surface area contributed by atoms with Gasteiger partial charge in [-0.1, -0.05) is 48.5 Å². The minimum absolute atomic E-state index is 0.0459. The van der Waals surface area contributed by atoms with E-state index in [0.29, 0.717) is 89.6 Å². The van der Waals surface area contributed by atoms with Crippen LogP contribution in [0.1, 0.15) is 78.2 Å². The second-order valence-electron chi connectivity index (χ2n) is 26.2. The van der Waals surface area contributed by atoms with Crippen molar-refractivity contribution in [3.63, 3.8) is 0 Å². The van der Waals surface area contributed by atoms with Crippen LogP contribution in [0.25, 0.3) is 22.3 Å².